The molecule has 2 rings (SSSR count). The van der Waals surface area contributed by atoms with E-state index in [0.717, 1.165) is 24.0 Å². The van der Waals surface area contributed by atoms with Crippen LogP contribution in [0, 0.1) is 0 Å². The Bertz CT molecular complexity index is 576. The van der Waals surface area contributed by atoms with Gasteiger partial charge >= 0.3 is 169 Å². The molecule has 0 aliphatic rings. The quantitative estimate of drug-likeness (QED) is 0.261. The second kappa shape index (κ2) is 8.14. The first kappa shape index (κ1) is 19.7. The fraction of sp³-hybridized carbons (Fsp3) is 0.333. The molecule has 23 heavy (non-hydrogen) atoms. The Balaban J connectivity index is 2.21. The van der Waals surface area contributed by atoms with Crippen molar-refractivity contribution in [1.82, 2.24) is 0 Å². The molecule has 0 aliphatic heterocycles. The molecule has 0 amide bonds. The van der Waals surface area contributed by atoms with Crippen LogP contribution in [0.2, 0.25) is 0 Å². The first-order valence-corrected chi connectivity index (χ1v) is 10.3. The van der Waals surface area contributed by atoms with Crippen molar-refractivity contribution >= 4 is 50.5 Å². The van der Waals surface area contributed by atoms with E-state index >= 15 is 0 Å². The summed E-state index contributed by atoms with van der Waals surface area (Å²) in [6.45, 7) is 4.29. The van der Waals surface area contributed by atoms with Crippen LogP contribution in [-0.2, 0) is 33.4 Å². The van der Waals surface area contributed by atoms with Crippen LogP contribution >= 0.6 is 50.5 Å². The van der Waals surface area contributed by atoms with Gasteiger partial charge in [-0.2, -0.15) is 0 Å². The van der Waals surface area contributed by atoms with E-state index in [1.807, 2.05) is 0 Å². The molecule has 2 aromatic carbocycles. The van der Waals surface area contributed by atoms with Gasteiger partial charge in [0.05, 0.1) is 0 Å². The van der Waals surface area contributed by atoms with Gasteiger partial charge < -0.3 is 0 Å². The molecule has 0 aliphatic carbocycles. The van der Waals surface area contributed by atoms with Crippen molar-refractivity contribution in [2.24, 2.45) is 0 Å². The molecular weight excluding hydrogens is 403 g/mol. The van der Waals surface area contributed by atoms with E-state index in [2.05, 4.69) is 62.4 Å². The van der Waals surface area contributed by atoms with Gasteiger partial charge in [-0.15, -0.1) is 0 Å². The minimum atomic E-state index is -0.661. The van der Waals surface area contributed by atoms with Gasteiger partial charge in [0, 0.05) is 0 Å². The van der Waals surface area contributed by atoms with Crippen LogP contribution in [0.4, 0.5) is 0 Å². The molecule has 0 radical (unpaired) electrons. The molecule has 0 nitrogen and oxygen atoms in total. The summed E-state index contributed by atoms with van der Waals surface area (Å²) in [5.41, 5.74) is 4.69. The van der Waals surface area contributed by atoms with Crippen LogP contribution in [0.3, 0.4) is 0 Å². The van der Waals surface area contributed by atoms with Crippen molar-refractivity contribution in [2.45, 2.75) is 32.8 Å². The number of thiol groups is 4. The minimum absolute atomic E-state index is 0.661. The van der Waals surface area contributed by atoms with Gasteiger partial charge in [-0.05, 0) is 0 Å². The van der Waals surface area contributed by atoms with E-state index in [4.69, 9.17) is 50.5 Å². The van der Waals surface area contributed by atoms with Crippen molar-refractivity contribution in [2.75, 3.05) is 0 Å². The van der Waals surface area contributed by atoms with Crippen molar-refractivity contribution in [3.63, 3.8) is 0 Å². The molecule has 0 saturated carbocycles. The number of benzene rings is 2. The second-order valence-electron chi connectivity index (χ2n) is 5.27. The average molecular weight is 425 g/mol. The first-order chi connectivity index (χ1) is 10.8. The molecule has 0 spiro atoms. The summed E-state index contributed by atoms with van der Waals surface area (Å²) < 4.78 is -1.32. The maximum atomic E-state index is 4.76. The molecule has 0 fully saturated rings. The molecular formula is C18H22NiS4. The fourth-order valence-corrected chi connectivity index (χ4v) is 6.49. The Labute approximate surface area is 167 Å². The Morgan fingerprint density at radius 3 is 1.22 bits per heavy atom. The van der Waals surface area contributed by atoms with Crippen molar-refractivity contribution in [1.29, 1.82) is 0 Å². The SMILES string of the molecule is CCc1ccc([C](S)(S)[Ni][C](S)(S)c2ccc(CC)cc2)cc1. The molecule has 0 aromatic heterocycles. The zero-order valence-electron chi connectivity index (χ0n) is 13.1. The topological polar surface area (TPSA) is 0 Å². The van der Waals surface area contributed by atoms with Gasteiger partial charge in [0.1, 0.15) is 0 Å². The third-order valence-electron chi connectivity index (χ3n) is 3.64. The van der Waals surface area contributed by atoms with Gasteiger partial charge in [0.2, 0.25) is 0 Å². The van der Waals surface area contributed by atoms with E-state index in [-0.39, 0.29) is 0 Å². The Hall–Kier alpha value is 0.334. The van der Waals surface area contributed by atoms with Crippen LogP contribution in [0.15, 0.2) is 48.5 Å². The summed E-state index contributed by atoms with van der Waals surface area (Å²) in [4.78, 5) is 0. The third kappa shape index (κ3) is 5.15. The predicted octanol–water partition coefficient (Wildman–Crippen LogP) is 5.53. The molecule has 0 bridgehead atoms. The normalized spacial score (nSPS) is 12.6. The monoisotopic (exact) mass is 424 g/mol. The summed E-state index contributed by atoms with van der Waals surface area (Å²) in [6, 6.07) is 16.8. The number of hydrogen-bond donors (Lipinski definition) is 4. The summed E-state index contributed by atoms with van der Waals surface area (Å²) in [5, 5.41) is 0. The molecule has 0 unspecified atom stereocenters. The van der Waals surface area contributed by atoms with E-state index < -0.39 is 6.10 Å². The Morgan fingerprint density at radius 1 is 0.652 bits per heavy atom. The van der Waals surface area contributed by atoms with Gasteiger partial charge in [0.15, 0.2) is 0 Å². The summed E-state index contributed by atoms with van der Waals surface area (Å²) in [5.74, 6) is 0. The van der Waals surface area contributed by atoms with E-state index in [0.29, 0.717) is 0 Å². The van der Waals surface area contributed by atoms with Crippen LogP contribution in [-0.4, -0.2) is 0 Å². The van der Waals surface area contributed by atoms with Crippen molar-refractivity contribution in [3.8, 4) is 0 Å². The van der Waals surface area contributed by atoms with Crippen molar-refractivity contribution < 1.29 is 14.4 Å². The fourth-order valence-electron chi connectivity index (χ4n) is 2.13. The average Bonchev–Trinajstić information content (AvgIpc) is 2.54. The summed E-state index contributed by atoms with van der Waals surface area (Å²) >= 11 is 20.3. The maximum absolute atomic E-state index is 4.76. The van der Waals surface area contributed by atoms with Crippen LogP contribution in [0.25, 0.3) is 0 Å². The number of aryl methyl sites for hydroxylation is 2. The van der Waals surface area contributed by atoms with Crippen molar-refractivity contribution in [3.05, 3.63) is 70.8 Å². The molecule has 0 N–H and O–H groups in total. The first-order valence-electron chi connectivity index (χ1n) is 7.47. The molecule has 2 aromatic rings. The van der Waals surface area contributed by atoms with Gasteiger partial charge in [-0.25, -0.2) is 0 Å². The molecule has 0 heterocycles. The van der Waals surface area contributed by atoms with E-state index in [1.54, 1.807) is 0 Å². The zero-order valence-corrected chi connectivity index (χ0v) is 17.7. The van der Waals surface area contributed by atoms with Gasteiger partial charge in [0.25, 0.3) is 0 Å². The Kier molecular flexibility index (Phi) is 6.96. The molecule has 0 atom stereocenters. The number of hydrogen-bond acceptors (Lipinski definition) is 4. The predicted molar refractivity (Wildman–Crippen MR) is 111 cm³/mol. The van der Waals surface area contributed by atoms with Gasteiger partial charge in [-0.3, -0.25) is 0 Å². The van der Waals surface area contributed by atoms with Crippen LogP contribution < -0.4 is 0 Å². The van der Waals surface area contributed by atoms with Crippen LogP contribution in [0.5, 0.6) is 0 Å². The molecule has 5 heteroatoms. The summed E-state index contributed by atoms with van der Waals surface area (Å²) in [7, 11) is 0. The number of rotatable bonds is 6. The Morgan fingerprint density at radius 2 is 0.957 bits per heavy atom. The summed E-state index contributed by atoms with van der Waals surface area (Å²) in [6.07, 6.45) is 2.04. The molecule has 0 saturated heterocycles. The molecule has 128 valence electrons. The van der Waals surface area contributed by atoms with Crippen LogP contribution in [0.1, 0.15) is 36.1 Å². The third-order valence-corrected chi connectivity index (χ3v) is 7.10. The van der Waals surface area contributed by atoms with Gasteiger partial charge in [-0.1, -0.05) is 0 Å². The van der Waals surface area contributed by atoms with E-state index in [9.17, 15) is 0 Å². The standard InChI is InChI=1S/2C9H11S2.Ni/c2*1-2-7-3-5-8(6-4-7)9(10)11;/h2*3-6,10-11H,2H2,1H3;. The van der Waals surface area contributed by atoms with E-state index in [1.165, 1.54) is 25.6 Å². The second-order valence-corrected chi connectivity index (χ2v) is 11.7. The zero-order chi connectivity index (χ0) is 17.1.